The van der Waals surface area contributed by atoms with Crippen molar-refractivity contribution in [3.8, 4) is 0 Å². The van der Waals surface area contributed by atoms with Crippen molar-refractivity contribution in [1.29, 1.82) is 0 Å². The van der Waals surface area contributed by atoms with Gasteiger partial charge in [-0.05, 0) is 37.6 Å². The zero-order chi connectivity index (χ0) is 17.6. The molecule has 0 saturated heterocycles. The summed E-state index contributed by atoms with van der Waals surface area (Å²) in [7, 11) is -3.67. The molecule has 130 valence electrons. The van der Waals surface area contributed by atoms with Gasteiger partial charge in [-0.15, -0.1) is 0 Å². The summed E-state index contributed by atoms with van der Waals surface area (Å²) in [5, 5.41) is 6.68. The van der Waals surface area contributed by atoms with E-state index in [1.807, 2.05) is 6.92 Å². The Balaban J connectivity index is 2.02. The maximum absolute atomic E-state index is 12.4. The molecule has 0 aliphatic carbocycles. The molecule has 0 bridgehead atoms. The molecular formula is C15H21N5O3S. The van der Waals surface area contributed by atoms with E-state index in [1.165, 1.54) is 36.9 Å². The van der Waals surface area contributed by atoms with Crippen LogP contribution in [0.15, 0.2) is 41.8 Å². The molecule has 1 heterocycles. The quantitative estimate of drug-likeness (QED) is 0.731. The smallest absolute Gasteiger partial charge is 0.251 e. The molecule has 1 amide bonds. The van der Waals surface area contributed by atoms with Crippen molar-refractivity contribution in [2.75, 3.05) is 6.54 Å². The third-order valence-electron chi connectivity index (χ3n) is 3.25. The topological polar surface area (TPSA) is 106 Å². The number of aromatic nitrogens is 3. The molecule has 9 heteroatoms. The van der Waals surface area contributed by atoms with Crippen LogP contribution in [0.2, 0.25) is 0 Å². The highest BCUT2D eigenvalue weighted by Gasteiger charge is 2.18. The van der Waals surface area contributed by atoms with E-state index in [1.54, 1.807) is 11.6 Å². The number of sulfonamides is 1. The van der Waals surface area contributed by atoms with Gasteiger partial charge in [-0.1, -0.05) is 6.92 Å². The number of amides is 1. The van der Waals surface area contributed by atoms with E-state index in [0.29, 0.717) is 18.7 Å². The highest BCUT2D eigenvalue weighted by Crippen LogP contribution is 2.11. The number of hydrogen-bond acceptors (Lipinski definition) is 5. The van der Waals surface area contributed by atoms with Crippen LogP contribution in [0.3, 0.4) is 0 Å². The molecule has 0 spiro atoms. The molecule has 0 radical (unpaired) electrons. The number of nitrogens with zero attached hydrogens (tertiary/aromatic N) is 3. The van der Waals surface area contributed by atoms with Gasteiger partial charge < -0.3 is 5.32 Å². The predicted octanol–water partition coefficient (Wildman–Crippen LogP) is 0.785. The summed E-state index contributed by atoms with van der Waals surface area (Å²) < 4.78 is 28.9. The Kier molecular flexibility index (Phi) is 6.04. The molecule has 1 aromatic carbocycles. The number of benzene rings is 1. The Hall–Kier alpha value is -2.26. The van der Waals surface area contributed by atoms with Gasteiger partial charge >= 0.3 is 0 Å². The minimum absolute atomic E-state index is 0.111. The molecule has 1 aromatic heterocycles. The van der Waals surface area contributed by atoms with Crippen molar-refractivity contribution in [1.82, 2.24) is 24.8 Å². The minimum atomic E-state index is -3.67. The molecule has 0 saturated carbocycles. The van der Waals surface area contributed by atoms with Gasteiger partial charge in [0.2, 0.25) is 10.0 Å². The lowest BCUT2D eigenvalue weighted by Gasteiger charge is -2.14. The first kappa shape index (κ1) is 18.1. The highest BCUT2D eigenvalue weighted by atomic mass is 32.2. The molecule has 2 aromatic rings. The summed E-state index contributed by atoms with van der Waals surface area (Å²) in [6, 6.07) is 5.49. The van der Waals surface area contributed by atoms with Gasteiger partial charge in [0.05, 0.1) is 11.4 Å². The van der Waals surface area contributed by atoms with E-state index in [-0.39, 0.29) is 16.8 Å². The third-order valence-corrected chi connectivity index (χ3v) is 4.85. The van der Waals surface area contributed by atoms with Crippen LogP contribution in [0.1, 0.15) is 30.6 Å². The fourth-order valence-electron chi connectivity index (χ4n) is 2.10. The Morgan fingerprint density at radius 1 is 1.29 bits per heavy atom. The summed E-state index contributed by atoms with van der Waals surface area (Å²) >= 11 is 0. The van der Waals surface area contributed by atoms with E-state index in [2.05, 4.69) is 20.1 Å². The zero-order valence-corrected chi connectivity index (χ0v) is 14.5. The Bertz CT molecular complexity index is 757. The minimum Gasteiger partial charge on any atom is -0.352 e. The molecule has 2 N–H and O–H groups in total. The fourth-order valence-corrected chi connectivity index (χ4v) is 3.34. The molecule has 8 nitrogen and oxygen atoms in total. The summed E-state index contributed by atoms with van der Waals surface area (Å²) in [4.78, 5) is 15.8. The zero-order valence-electron chi connectivity index (χ0n) is 13.6. The lowest BCUT2D eigenvalue weighted by Crippen LogP contribution is -2.35. The molecule has 0 aliphatic rings. The maximum atomic E-state index is 12.4. The first-order valence-electron chi connectivity index (χ1n) is 7.65. The predicted molar refractivity (Wildman–Crippen MR) is 88.9 cm³/mol. The van der Waals surface area contributed by atoms with Crippen LogP contribution >= 0.6 is 0 Å². The molecule has 0 aliphatic heterocycles. The van der Waals surface area contributed by atoms with Gasteiger partial charge in [-0.25, -0.2) is 18.1 Å². The van der Waals surface area contributed by atoms with Crippen LogP contribution in [-0.2, 0) is 16.6 Å². The SMILES string of the molecule is CCCNC(=O)c1ccc(S(=O)(=O)N[C@H](C)Cn2cncn2)cc1. The standard InChI is InChI=1S/C15H21N5O3S/c1-3-8-17-15(21)13-4-6-14(7-5-13)24(22,23)19-12(2)9-20-11-16-10-18-20/h4-7,10-12,19H,3,8-9H2,1-2H3,(H,17,21)/t12-/m1/s1. The first-order valence-corrected chi connectivity index (χ1v) is 9.13. The number of carbonyl (C=O) groups is 1. The van der Waals surface area contributed by atoms with Crippen LogP contribution in [0, 0.1) is 0 Å². The van der Waals surface area contributed by atoms with Gasteiger partial charge in [-0.2, -0.15) is 5.10 Å². The largest absolute Gasteiger partial charge is 0.352 e. The second-order valence-electron chi connectivity index (χ2n) is 5.42. The lowest BCUT2D eigenvalue weighted by atomic mass is 10.2. The van der Waals surface area contributed by atoms with Crippen molar-refractivity contribution < 1.29 is 13.2 Å². The van der Waals surface area contributed by atoms with E-state index in [4.69, 9.17) is 0 Å². The second kappa shape index (κ2) is 8.02. The number of nitrogens with one attached hydrogen (secondary N) is 2. The van der Waals surface area contributed by atoms with Gasteiger partial charge in [-0.3, -0.25) is 9.48 Å². The number of carbonyl (C=O) groups excluding carboxylic acids is 1. The first-order chi connectivity index (χ1) is 11.4. The van der Waals surface area contributed by atoms with Crippen molar-refractivity contribution in [3.05, 3.63) is 42.5 Å². The lowest BCUT2D eigenvalue weighted by molar-refractivity contribution is 0.0953. The van der Waals surface area contributed by atoms with Crippen LogP contribution in [0.5, 0.6) is 0 Å². The molecule has 1 atom stereocenters. The highest BCUT2D eigenvalue weighted by molar-refractivity contribution is 7.89. The van der Waals surface area contributed by atoms with E-state index < -0.39 is 10.0 Å². The van der Waals surface area contributed by atoms with E-state index in [0.717, 1.165) is 6.42 Å². The van der Waals surface area contributed by atoms with Crippen molar-refractivity contribution in [2.24, 2.45) is 0 Å². The Morgan fingerprint density at radius 2 is 2.00 bits per heavy atom. The summed E-state index contributed by atoms with van der Waals surface area (Å²) in [6.07, 6.45) is 3.75. The average Bonchev–Trinajstić information content (AvgIpc) is 3.05. The molecular weight excluding hydrogens is 330 g/mol. The normalized spacial score (nSPS) is 12.8. The molecule has 2 rings (SSSR count). The number of hydrogen-bond donors (Lipinski definition) is 2. The second-order valence-corrected chi connectivity index (χ2v) is 7.13. The van der Waals surface area contributed by atoms with Gasteiger partial charge in [0, 0.05) is 18.2 Å². The van der Waals surface area contributed by atoms with E-state index in [9.17, 15) is 13.2 Å². The van der Waals surface area contributed by atoms with Gasteiger partial charge in [0.15, 0.2) is 0 Å². The van der Waals surface area contributed by atoms with Crippen molar-refractivity contribution in [3.63, 3.8) is 0 Å². The molecule has 24 heavy (non-hydrogen) atoms. The average molecular weight is 351 g/mol. The van der Waals surface area contributed by atoms with Crippen LogP contribution in [0.4, 0.5) is 0 Å². The van der Waals surface area contributed by atoms with Crippen molar-refractivity contribution in [2.45, 2.75) is 37.8 Å². The number of rotatable bonds is 8. The van der Waals surface area contributed by atoms with E-state index >= 15 is 0 Å². The Morgan fingerprint density at radius 3 is 2.58 bits per heavy atom. The monoisotopic (exact) mass is 351 g/mol. The summed E-state index contributed by atoms with van der Waals surface area (Å²) in [6.45, 7) is 4.66. The Labute approximate surface area is 141 Å². The molecule has 0 unspecified atom stereocenters. The summed E-state index contributed by atoms with van der Waals surface area (Å²) in [5.74, 6) is -0.215. The van der Waals surface area contributed by atoms with Crippen LogP contribution in [0.25, 0.3) is 0 Å². The van der Waals surface area contributed by atoms with Crippen LogP contribution in [-0.4, -0.2) is 41.7 Å². The summed E-state index contributed by atoms with van der Waals surface area (Å²) in [5.41, 5.74) is 0.429. The van der Waals surface area contributed by atoms with Gasteiger partial charge in [0.25, 0.3) is 5.91 Å². The fraction of sp³-hybridized carbons (Fsp3) is 0.400. The van der Waals surface area contributed by atoms with Gasteiger partial charge in [0.1, 0.15) is 12.7 Å². The third kappa shape index (κ3) is 4.87. The van der Waals surface area contributed by atoms with Crippen molar-refractivity contribution >= 4 is 15.9 Å². The van der Waals surface area contributed by atoms with Crippen LogP contribution < -0.4 is 10.0 Å². The maximum Gasteiger partial charge on any atom is 0.251 e. The molecule has 0 fully saturated rings.